The smallest absolute Gasteiger partial charge is 0.280 e. The number of nitrogen functional groups attached to an aromatic ring is 1. The lowest BCUT2D eigenvalue weighted by Crippen LogP contribution is -2.36. The number of hydrogen-bond acceptors (Lipinski definition) is 9. The maximum Gasteiger partial charge on any atom is 0.280 e. The number of nitrogens with two attached hydrogens (primary N) is 1. The van der Waals surface area contributed by atoms with Gasteiger partial charge in [-0.3, -0.25) is 14.3 Å². The van der Waals surface area contributed by atoms with Gasteiger partial charge in [-0.15, -0.1) is 11.8 Å². The second-order valence-corrected chi connectivity index (χ2v) is 6.70. The standard InChI is InChI=1S/C13H19N5O5S/c1-22-2-3-23-9-8(20)6(4-19)24-12(9)18-5-15-7-10(18)16-13(14)17-11(7)21/h5-6,8-9,12,19-20H,2-4H2,1H3,(H3,14,16,17,21)/t6-,8?,9?,12-/m1/s1. The molecule has 1 aliphatic heterocycles. The van der Waals surface area contributed by atoms with Crippen LogP contribution in [0.3, 0.4) is 0 Å². The number of H-pyrrole nitrogens is 1. The van der Waals surface area contributed by atoms with Crippen molar-refractivity contribution in [3.05, 3.63) is 16.7 Å². The van der Waals surface area contributed by atoms with Crippen LogP contribution in [0.4, 0.5) is 5.95 Å². The summed E-state index contributed by atoms with van der Waals surface area (Å²) in [7, 11) is 1.56. The van der Waals surface area contributed by atoms with Crippen LogP contribution >= 0.6 is 11.8 Å². The van der Waals surface area contributed by atoms with E-state index in [-0.39, 0.29) is 24.7 Å². The zero-order chi connectivity index (χ0) is 17.3. The van der Waals surface area contributed by atoms with E-state index in [0.717, 1.165) is 0 Å². The molecule has 2 aromatic heterocycles. The highest BCUT2D eigenvalue weighted by atomic mass is 32.2. The zero-order valence-electron chi connectivity index (χ0n) is 13.0. The van der Waals surface area contributed by atoms with E-state index in [1.807, 2.05) is 0 Å². The van der Waals surface area contributed by atoms with Gasteiger partial charge in [0, 0.05) is 7.11 Å². The highest BCUT2D eigenvalue weighted by Gasteiger charge is 2.45. The summed E-state index contributed by atoms with van der Waals surface area (Å²) >= 11 is 1.33. The van der Waals surface area contributed by atoms with Crippen LogP contribution < -0.4 is 11.3 Å². The quantitative estimate of drug-likeness (QED) is 0.463. The summed E-state index contributed by atoms with van der Waals surface area (Å²) < 4.78 is 12.3. The number of methoxy groups -OCH3 is 1. The number of aromatic amines is 1. The van der Waals surface area contributed by atoms with Gasteiger partial charge in [-0.1, -0.05) is 0 Å². The van der Waals surface area contributed by atoms with Gasteiger partial charge in [0.05, 0.1) is 37.5 Å². The minimum Gasteiger partial charge on any atom is -0.395 e. The summed E-state index contributed by atoms with van der Waals surface area (Å²) in [5.74, 6) is -0.0200. The molecule has 3 heterocycles. The van der Waals surface area contributed by atoms with Gasteiger partial charge in [0.1, 0.15) is 11.5 Å². The van der Waals surface area contributed by atoms with E-state index in [1.165, 1.54) is 18.1 Å². The third-order valence-electron chi connectivity index (χ3n) is 3.82. The number of aromatic nitrogens is 4. The summed E-state index contributed by atoms with van der Waals surface area (Å²) in [6.45, 7) is 0.464. The molecule has 132 valence electrons. The predicted octanol–water partition coefficient (Wildman–Crippen LogP) is -1.30. The van der Waals surface area contributed by atoms with Crippen molar-refractivity contribution in [2.45, 2.75) is 22.8 Å². The molecule has 0 aromatic carbocycles. The number of ether oxygens (including phenoxy) is 2. The van der Waals surface area contributed by atoms with Gasteiger partial charge in [-0.2, -0.15) is 4.98 Å². The van der Waals surface area contributed by atoms with E-state index in [9.17, 15) is 15.0 Å². The lowest BCUT2D eigenvalue weighted by Gasteiger charge is -2.23. The first-order chi connectivity index (χ1) is 11.6. The molecule has 0 aliphatic carbocycles. The van der Waals surface area contributed by atoms with Gasteiger partial charge in [-0.25, -0.2) is 4.98 Å². The SMILES string of the molecule is COCCOC1C(O)[C@@H](CO)S[C@H]1n1cnc2c(=O)[nH]c(N)nc21. The summed E-state index contributed by atoms with van der Waals surface area (Å²) in [6.07, 6.45) is -0.0240. The van der Waals surface area contributed by atoms with Gasteiger partial charge < -0.3 is 25.4 Å². The Hall–Kier alpha value is -1.66. The summed E-state index contributed by atoms with van der Waals surface area (Å²) in [4.78, 5) is 22.5. The number of thioether (sulfide) groups is 1. The number of fused-ring (bicyclic) bond motifs is 1. The molecule has 0 amide bonds. The van der Waals surface area contributed by atoms with Crippen LogP contribution in [0, 0.1) is 0 Å². The molecule has 10 nitrogen and oxygen atoms in total. The van der Waals surface area contributed by atoms with Gasteiger partial charge in [0.25, 0.3) is 5.56 Å². The Balaban J connectivity index is 1.97. The molecule has 4 atom stereocenters. The maximum atomic E-state index is 11.9. The van der Waals surface area contributed by atoms with Crippen molar-refractivity contribution < 1.29 is 19.7 Å². The molecule has 24 heavy (non-hydrogen) atoms. The van der Waals surface area contributed by atoms with Gasteiger partial charge in [0.15, 0.2) is 11.2 Å². The number of nitrogens with zero attached hydrogens (tertiary/aromatic N) is 3. The molecular weight excluding hydrogens is 338 g/mol. The fourth-order valence-electron chi connectivity index (χ4n) is 2.67. The van der Waals surface area contributed by atoms with E-state index in [2.05, 4.69) is 15.0 Å². The van der Waals surface area contributed by atoms with Gasteiger partial charge in [-0.05, 0) is 0 Å². The van der Waals surface area contributed by atoms with E-state index < -0.39 is 28.4 Å². The second kappa shape index (κ2) is 7.07. The average Bonchev–Trinajstić information content (AvgIpc) is 3.09. The molecule has 1 fully saturated rings. The normalized spacial score (nSPS) is 27.1. The van der Waals surface area contributed by atoms with Crippen molar-refractivity contribution in [1.29, 1.82) is 0 Å². The molecule has 11 heteroatoms. The van der Waals surface area contributed by atoms with Crippen molar-refractivity contribution in [2.24, 2.45) is 0 Å². The highest BCUT2D eigenvalue weighted by Crippen LogP contribution is 2.44. The molecule has 2 aromatic rings. The van der Waals surface area contributed by atoms with E-state index in [0.29, 0.717) is 12.3 Å². The number of rotatable bonds is 6. The number of anilines is 1. The van der Waals surface area contributed by atoms with Crippen LogP contribution in [0.2, 0.25) is 0 Å². The Kier molecular flexibility index (Phi) is 5.06. The first kappa shape index (κ1) is 17.2. The molecule has 3 rings (SSSR count). The lowest BCUT2D eigenvalue weighted by atomic mass is 10.1. The summed E-state index contributed by atoms with van der Waals surface area (Å²) in [5.41, 5.74) is 5.64. The molecule has 0 saturated carbocycles. The van der Waals surface area contributed by atoms with Crippen molar-refractivity contribution in [2.75, 3.05) is 32.7 Å². The second-order valence-electron chi connectivity index (χ2n) is 5.34. The van der Waals surface area contributed by atoms with Crippen LogP contribution in [-0.2, 0) is 9.47 Å². The lowest BCUT2D eigenvalue weighted by molar-refractivity contribution is -0.0556. The maximum absolute atomic E-state index is 11.9. The highest BCUT2D eigenvalue weighted by molar-refractivity contribution is 8.00. The molecule has 0 spiro atoms. The molecular formula is C13H19N5O5S. The fraction of sp³-hybridized carbons (Fsp3) is 0.615. The van der Waals surface area contributed by atoms with E-state index in [4.69, 9.17) is 15.2 Å². The topological polar surface area (TPSA) is 149 Å². The predicted molar refractivity (Wildman–Crippen MR) is 87.7 cm³/mol. The average molecular weight is 357 g/mol. The number of aliphatic hydroxyl groups is 2. The number of nitrogens with one attached hydrogen (secondary N) is 1. The molecule has 1 saturated heterocycles. The molecule has 2 unspecified atom stereocenters. The Morgan fingerprint density at radius 2 is 2.29 bits per heavy atom. The van der Waals surface area contributed by atoms with Crippen LogP contribution in [0.1, 0.15) is 5.37 Å². The van der Waals surface area contributed by atoms with Crippen molar-refractivity contribution in [3.63, 3.8) is 0 Å². The van der Waals surface area contributed by atoms with Crippen molar-refractivity contribution in [1.82, 2.24) is 19.5 Å². The Morgan fingerprint density at radius 3 is 3.00 bits per heavy atom. The minimum absolute atomic E-state index is 0.0200. The fourth-order valence-corrected chi connectivity index (χ4v) is 4.11. The Bertz CT molecular complexity index is 765. The summed E-state index contributed by atoms with van der Waals surface area (Å²) in [5, 5.41) is 19.0. The molecule has 0 bridgehead atoms. The molecule has 1 aliphatic rings. The largest absolute Gasteiger partial charge is 0.395 e. The van der Waals surface area contributed by atoms with Crippen molar-refractivity contribution in [3.8, 4) is 0 Å². The van der Waals surface area contributed by atoms with Crippen molar-refractivity contribution >= 4 is 28.9 Å². The zero-order valence-corrected chi connectivity index (χ0v) is 13.8. The minimum atomic E-state index is -0.876. The first-order valence-electron chi connectivity index (χ1n) is 7.34. The third kappa shape index (κ3) is 3.00. The van der Waals surface area contributed by atoms with Crippen LogP contribution in [-0.4, -0.2) is 74.1 Å². The number of imidazole rings is 1. The van der Waals surface area contributed by atoms with Crippen LogP contribution in [0.5, 0.6) is 0 Å². The Labute approximate surface area is 141 Å². The van der Waals surface area contributed by atoms with E-state index >= 15 is 0 Å². The number of aliphatic hydroxyl groups excluding tert-OH is 2. The molecule has 0 radical (unpaired) electrons. The van der Waals surface area contributed by atoms with E-state index in [1.54, 1.807) is 11.7 Å². The van der Waals surface area contributed by atoms with Crippen LogP contribution in [0.15, 0.2) is 11.1 Å². The monoisotopic (exact) mass is 357 g/mol. The van der Waals surface area contributed by atoms with Gasteiger partial charge >= 0.3 is 0 Å². The van der Waals surface area contributed by atoms with Crippen LogP contribution in [0.25, 0.3) is 11.2 Å². The number of hydrogen-bond donors (Lipinski definition) is 4. The summed E-state index contributed by atoms with van der Waals surface area (Å²) in [6, 6.07) is 0. The molecule has 5 N–H and O–H groups in total. The first-order valence-corrected chi connectivity index (χ1v) is 8.28. The van der Waals surface area contributed by atoms with Gasteiger partial charge in [0.2, 0.25) is 5.95 Å². The third-order valence-corrected chi connectivity index (χ3v) is 5.37. The Morgan fingerprint density at radius 1 is 1.50 bits per heavy atom.